The molecule has 24 heavy (non-hydrogen) atoms. The summed E-state index contributed by atoms with van der Waals surface area (Å²) in [5.41, 5.74) is 1.23. The molecule has 0 aliphatic heterocycles. The molecule has 2 aromatic heterocycles. The third-order valence-electron chi connectivity index (χ3n) is 3.49. The fourth-order valence-electron chi connectivity index (χ4n) is 2.43. The summed E-state index contributed by atoms with van der Waals surface area (Å²) in [6, 6.07) is 9.87. The molecule has 0 aliphatic carbocycles. The molecule has 1 aromatic carbocycles. The first-order chi connectivity index (χ1) is 11.5. The van der Waals surface area contributed by atoms with Gasteiger partial charge in [0.25, 0.3) is 5.91 Å². The zero-order valence-electron chi connectivity index (χ0n) is 12.4. The second-order valence-electron chi connectivity index (χ2n) is 5.12. The maximum Gasteiger partial charge on any atom is 0.305 e. The van der Waals surface area contributed by atoms with Crippen molar-refractivity contribution in [2.45, 2.75) is 12.5 Å². The van der Waals surface area contributed by atoms with Crippen LogP contribution in [0, 0.1) is 0 Å². The number of nitrogens with one attached hydrogen (secondary N) is 2. The van der Waals surface area contributed by atoms with Gasteiger partial charge >= 0.3 is 5.97 Å². The van der Waals surface area contributed by atoms with Gasteiger partial charge in [-0.1, -0.05) is 30.3 Å². The van der Waals surface area contributed by atoms with Gasteiger partial charge in [0, 0.05) is 6.20 Å². The summed E-state index contributed by atoms with van der Waals surface area (Å²) < 4.78 is 0. The van der Waals surface area contributed by atoms with E-state index in [0.717, 1.165) is 0 Å². The standard InChI is InChI=1S/C16H13ClN4O3/c17-16-20-13(10-6-7-18-14(10)21-16)15(24)19-11(8-12(22)23)9-4-2-1-3-5-9/h1-7,11H,8H2,(H,19,24)(H,22,23)(H,18,20,21)/t11-/m0/s1. The molecule has 7 nitrogen and oxygen atoms in total. The highest BCUT2D eigenvalue weighted by Crippen LogP contribution is 2.20. The van der Waals surface area contributed by atoms with Crippen LogP contribution in [-0.4, -0.2) is 31.9 Å². The number of aromatic amines is 1. The van der Waals surface area contributed by atoms with Crippen LogP contribution >= 0.6 is 11.6 Å². The molecular weight excluding hydrogens is 332 g/mol. The highest BCUT2D eigenvalue weighted by Gasteiger charge is 2.22. The van der Waals surface area contributed by atoms with Crippen molar-refractivity contribution >= 4 is 34.5 Å². The van der Waals surface area contributed by atoms with E-state index in [9.17, 15) is 9.59 Å². The molecule has 3 rings (SSSR count). The number of benzene rings is 1. The molecule has 1 amide bonds. The fourth-order valence-corrected chi connectivity index (χ4v) is 2.59. The van der Waals surface area contributed by atoms with Crippen molar-refractivity contribution in [1.82, 2.24) is 20.3 Å². The molecule has 2 heterocycles. The molecule has 0 spiro atoms. The Bertz CT molecular complexity index is 895. The van der Waals surface area contributed by atoms with Crippen LogP contribution in [0.4, 0.5) is 0 Å². The largest absolute Gasteiger partial charge is 0.481 e. The third kappa shape index (κ3) is 3.36. The van der Waals surface area contributed by atoms with Crippen molar-refractivity contribution in [2.75, 3.05) is 0 Å². The van der Waals surface area contributed by atoms with Crippen molar-refractivity contribution in [2.24, 2.45) is 0 Å². The van der Waals surface area contributed by atoms with Crippen molar-refractivity contribution in [3.63, 3.8) is 0 Å². The number of rotatable bonds is 5. The van der Waals surface area contributed by atoms with Crippen LogP contribution < -0.4 is 5.32 Å². The summed E-state index contributed by atoms with van der Waals surface area (Å²) in [5, 5.41) is 12.3. The quantitative estimate of drug-likeness (QED) is 0.616. The minimum atomic E-state index is -1.02. The number of carboxylic acid groups (broad SMARTS) is 1. The van der Waals surface area contributed by atoms with Gasteiger partial charge in [0.2, 0.25) is 5.28 Å². The lowest BCUT2D eigenvalue weighted by atomic mass is 10.0. The van der Waals surface area contributed by atoms with Crippen molar-refractivity contribution in [1.29, 1.82) is 0 Å². The van der Waals surface area contributed by atoms with Gasteiger partial charge in [0.05, 0.1) is 17.8 Å². The number of halogens is 1. The molecule has 0 bridgehead atoms. The van der Waals surface area contributed by atoms with Crippen LogP contribution in [0.5, 0.6) is 0 Å². The van der Waals surface area contributed by atoms with Crippen LogP contribution in [0.3, 0.4) is 0 Å². The molecule has 0 radical (unpaired) electrons. The van der Waals surface area contributed by atoms with E-state index < -0.39 is 17.9 Å². The van der Waals surface area contributed by atoms with Gasteiger partial charge in [-0.05, 0) is 23.2 Å². The average molecular weight is 345 g/mol. The second kappa shape index (κ2) is 6.67. The van der Waals surface area contributed by atoms with Crippen LogP contribution in [0.15, 0.2) is 42.6 Å². The molecular formula is C16H13ClN4O3. The molecule has 3 N–H and O–H groups in total. The normalized spacial score (nSPS) is 12.0. The maximum absolute atomic E-state index is 12.6. The Kier molecular flexibility index (Phi) is 4.43. The number of carbonyl (C=O) groups is 2. The lowest BCUT2D eigenvalue weighted by Crippen LogP contribution is -2.31. The number of nitrogens with zero attached hydrogens (tertiary/aromatic N) is 2. The van der Waals surface area contributed by atoms with Gasteiger partial charge in [0.1, 0.15) is 11.3 Å². The van der Waals surface area contributed by atoms with E-state index in [1.165, 1.54) is 0 Å². The Morgan fingerprint density at radius 2 is 1.96 bits per heavy atom. The number of carbonyl (C=O) groups excluding carboxylic acids is 1. The molecule has 0 unspecified atom stereocenters. The Hall–Kier alpha value is -2.93. The summed E-state index contributed by atoms with van der Waals surface area (Å²) in [5.74, 6) is -1.53. The highest BCUT2D eigenvalue weighted by atomic mass is 35.5. The van der Waals surface area contributed by atoms with E-state index in [-0.39, 0.29) is 17.4 Å². The van der Waals surface area contributed by atoms with Crippen LogP contribution in [0.1, 0.15) is 28.5 Å². The lowest BCUT2D eigenvalue weighted by molar-refractivity contribution is -0.137. The first-order valence-corrected chi connectivity index (χ1v) is 7.50. The number of hydrogen-bond acceptors (Lipinski definition) is 4. The molecule has 122 valence electrons. The summed E-state index contributed by atoms with van der Waals surface area (Å²) in [7, 11) is 0. The summed E-state index contributed by atoms with van der Waals surface area (Å²) >= 11 is 5.85. The lowest BCUT2D eigenvalue weighted by Gasteiger charge is -2.17. The predicted octanol–water partition coefficient (Wildman–Crippen LogP) is 2.56. The number of aromatic nitrogens is 3. The van der Waals surface area contributed by atoms with Crippen LogP contribution in [0.2, 0.25) is 5.28 Å². The minimum Gasteiger partial charge on any atom is -0.481 e. The summed E-state index contributed by atoms with van der Waals surface area (Å²) in [6.45, 7) is 0. The van der Waals surface area contributed by atoms with E-state index in [4.69, 9.17) is 16.7 Å². The van der Waals surface area contributed by atoms with Gasteiger partial charge in [-0.3, -0.25) is 9.59 Å². The van der Waals surface area contributed by atoms with Gasteiger partial charge < -0.3 is 15.4 Å². The first kappa shape index (κ1) is 15.9. The predicted molar refractivity (Wildman–Crippen MR) is 87.8 cm³/mol. The van der Waals surface area contributed by atoms with Crippen molar-refractivity contribution < 1.29 is 14.7 Å². The summed E-state index contributed by atoms with van der Waals surface area (Å²) in [6.07, 6.45) is 1.38. The molecule has 0 aliphatic rings. The number of carboxylic acids is 1. The number of fused-ring (bicyclic) bond motifs is 1. The van der Waals surface area contributed by atoms with E-state index >= 15 is 0 Å². The topological polar surface area (TPSA) is 108 Å². The number of aliphatic carboxylic acids is 1. The van der Waals surface area contributed by atoms with Gasteiger partial charge in [-0.25, -0.2) is 4.98 Å². The SMILES string of the molecule is O=C(O)C[C@H](NC(=O)c1nc(Cl)nc2[nH]ccc12)c1ccccc1. The Labute approximate surface area is 141 Å². The monoisotopic (exact) mass is 344 g/mol. The van der Waals surface area contributed by atoms with E-state index in [2.05, 4.69) is 20.3 Å². The molecule has 8 heteroatoms. The molecule has 0 saturated heterocycles. The van der Waals surface area contributed by atoms with Gasteiger partial charge in [-0.2, -0.15) is 4.98 Å². The zero-order valence-corrected chi connectivity index (χ0v) is 13.1. The average Bonchev–Trinajstić information content (AvgIpc) is 3.02. The van der Waals surface area contributed by atoms with Gasteiger partial charge in [-0.15, -0.1) is 0 Å². The number of amides is 1. The molecule has 1 atom stereocenters. The second-order valence-corrected chi connectivity index (χ2v) is 5.45. The first-order valence-electron chi connectivity index (χ1n) is 7.13. The van der Waals surface area contributed by atoms with Crippen LogP contribution in [0.25, 0.3) is 11.0 Å². The van der Waals surface area contributed by atoms with Gasteiger partial charge in [0.15, 0.2) is 0 Å². The fraction of sp³-hybridized carbons (Fsp3) is 0.125. The maximum atomic E-state index is 12.6. The van der Waals surface area contributed by atoms with E-state index in [1.807, 2.05) is 6.07 Å². The van der Waals surface area contributed by atoms with E-state index in [0.29, 0.717) is 16.6 Å². The number of hydrogen-bond donors (Lipinski definition) is 3. The Morgan fingerprint density at radius 3 is 2.67 bits per heavy atom. The zero-order chi connectivity index (χ0) is 17.1. The Balaban J connectivity index is 1.93. The molecule has 0 saturated carbocycles. The van der Waals surface area contributed by atoms with Crippen molar-refractivity contribution in [3.05, 3.63) is 59.1 Å². The van der Waals surface area contributed by atoms with E-state index in [1.54, 1.807) is 36.5 Å². The third-order valence-corrected chi connectivity index (χ3v) is 3.66. The number of H-pyrrole nitrogens is 1. The smallest absolute Gasteiger partial charge is 0.305 e. The summed E-state index contributed by atoms with van der Waals surface area (Å²) in [4.78, 5) is 34.6. The Morgan fingerprint density at radius 1 is 1.21 bits per heavy atom. The minimum absolute atomic E-state index is 0.0652. The molecule has 0 fully saturated rings. The van der Waals surface area contributed by atoms with Crippen molar-refractivity contribution in [3.8, 4) is 0 Å². The van der Waals surface area contributed by atoms with Crippen LogP contribution in [-0.2, 0) is 4.79 Å². The highest BCUT2D eigenvalue weighted by molar-refractivity contribution is 6.29. The molecule has 3 aromatic rings.